The molecule has 0 fully saturated rings. The minimum absolute atomic E-state index is 0.148. The summed E-state index contributed by atoms with van der Waals surface area (Å²) in [5, 5.41) is 8.83. The molecule has 0 rings (SSSR count). The number of ether oxygens (including phenoxy) is 1. The van der Waals surface area contributed by atoms with Crippen LogP contribution in [0.1, 0.15) is 19.8 Å². The van der Waals surface area contributed by atoms with Crippen LogP contribution < -0.4 is 0 Å². The second kappa shape index (κ2) is 6.86. The predicted octanol–water partition coefficient (Wildman–Crippen LogP) is 0.252. The Kier molecular flexibility index (Phi) is 6.54. The van der Waals surface area contributed by atoms with E-state index in [9.17, 15) is 4.79 Å². The van der Waals surface area contributed by atoms with Gasteiger partial charge >= 0.3 is 5.97 Å². The van der Waals surface area contributed by atoms with Gasteiger partial charge in [-0.05, 0) is 26.9 Å². The van der Waals surface area contributed by atoms with Crippen LogP contribution >= 0.6 is 0 Å². The number of carbonyl (C=O) groups excluding carboxylic acids is 1. The summed E-state index contributed by atoms with van der Waals surface area (Å²) >= 11 is 0. The van der Waals surface area contributed by atoms with Crippen molar-refractivity contribution in [2.24, 2.45) is 0 Å². The van der Waals surface area contributed by atoms with E-state index in [0.717, 1.165) is 13.0 Å². The second-order valence-electron chi connectivity index (χ2n) is 3.19. The topological polar surface area (TPSA) is 49.8 Å². The van der Waals surface area contributed by atoms with Gasteiger partial charge in [0.25, 0.3) is 0 Å². The second-order valence-corrected chi connectivity index (χ2v) is 3.19. The summed E-state index contributed by atoms with van der Waals surface area (Å²) in [6.07, 6.45) is 1.21. The molecule has 4 nitrogen and oxygen atoms in total. The third kappa shape index (κ3) is 5.60. The molecule has 0 amide bonds. The molecular formula is C9H19NO3. The van der Waals surface area contributed by atoms with Crippen LogP contribution in [-0.4, -0.2) is 49.3 Å². The molecule has 0 saturated carbocycles. The third-order valence-corrected chi connectivity index (χ3v) is 2.14. The molecule has 78 valence electrons. The highest BCUT2D eigenvalue weighted by molar-refractivity contribution is 5.69. The molecule has 0 aromatic heterocycles. The Bertz CT molecular complexity index is 150. The van der Waals surface area contributed by atoms with Crippen molar-refractivity contribution >= 4 is 5.97 Å². The quantitative estimate of drug-likeness (QED) is 0.609. The summed E-state index contributed by atoms with van der Waals surface area (Å²) in [6, 6.07) is 0.151. The zero-order valence-corrected chi connectivity index (χ0v) is 8.62. The zero-order valence-electron chi connectivity index (χ0n) is 8.62. The molecule has 1 atom stereocenters. The van der Waals surface area contributed by atoms with Gasteiger partial charge in [-0.15, -0.1) is 0 Å². The van der Waals surface area contributed by atoms with Crippen LogP contribution in [0, 0.1) is 0 Å². The molecule has 0 heterocycles. The van der Waals surface area contributed by atoms with Crippen molar-refractivity contribution in [3.8, 4) is 0 Å². The van der Waals surface area contributed by atoms with Crippen LogP contribution in [0.4, 0.5) is 0 Å². The third-order valence-electron chi connectivity index (χ3n) is 2.14. The molecule has 4 heteroatoms. The first kappa shape index (κ1) is 12.4. The van der Waals surface area contributed by atoms with Crippen LogP contribution in [0.5, 0.6) is 0 Å². The van der Waals surface area contributed by atoms with Crippen LogP contribution in [0.3, 0.4) is 0 Å². The van der Waals surface area contributed by atoms with E-state index in [-0.39, 0.29) is 18.6 Å². The fourth-order valence-corrected chi connectivity index (χ4v) is 0.935. The molecule has 0 aliphatic rings. The van der Waals surface area contributed by atoms with Gasteiger partial charge in [-0.2, -0.15) is 0 Å². The highest BCUT2D eigenvalue weighted by Crippen LogP contribution is 1.99. The van der Waals surface area contributed by atoms with E-state index in [4.69, 9.17) is 5.11 Å². The standard InChI is InChI=1S/C9H19NO3/c1-8(7-11)10(2)6-4-5-9(12)13-3/h8,11H,4-7H2,1-3H3. The van der Waals surface area contributed by atoms with Gasteiger partial charge in [0, 0.05) is 12.5 Å². The van der Waals surface area contributed by atoms with E-state index in [2.05, 4.69) is 4.74 Å². The maximum atomic E-state index is 10.7. The van der Waals surface area contributed by atoms with E-state index in [0.29, 0.717) is 6.42 Å². The fourth-order valence-electron chi connectivity index (χ4n) is 0.935. The lowest BCUT2D eigenvalue weighted by atomic mass is 10.2. The van der Waals surface area contributed by atoms with E-state index in [1.54, 1.807) is 0 Å². The van der Waals surface area contributed by atoms with Gasteiger partial charge in [0.1, 0.15) is 0 Å². The number of esters is 1. The first-order valence-corrected chi connectivity index (χ1v) is 4.49. The monoisotopic (exact) mass is 189 g/mol. The Morgan fingerprint density at radius 3 is 2.69 bits per heavy atom. The number of methoxy groups -OCH3 is 1. The molecule has 0 bridgehead atoms. The summed E-state index contributed by atoms with van der Waals surface area (Å²) < 4.78 is 4.51. The fraction of sp³-hybridized carbons (Fsp3) is 0.889. The van der Waals surface area contributed by atoms with Gasteiger partial charge in [-0.1, -0.05) is 0 Å². The van der Waals surface area contributed by atoms with Crippen molar-refractivity contribution < 1.29 is 14.6 Å². The lowest BCUT2D eigenvalue weighted by molar-refractivity contribution is -0.140. The lowest BCUT2D eigenvalue weighted by Crippen LogP contribution is -2.32. The molecule has 0 radical (unpaired) electrons. The number of hydrogen-bond acceptors (Lipinski definition) is 4. The number of rotatable bonds is 6. The van der Waals surface area contributed by atoms with Crippen molar-refractivity contribution in [2.75, 3.05) is 27.3 Å². The highest BCUT2D eigenvalue weighted by Gasteiger charge is 2.07. The molecule has 0 saturated heterocycles. The molecule has 1 unspecified atom stereocenters. The number of carbonyl (C=O) groups is 1. The van der Waals surface area contributed by atoms with Crippen molar-refractivity contribution in [1.29, 1.82) is 0 Å². The Labute approximate surface area is 79.5 Å². The summed E-state index contributed by atoms with van der Waals surface area (Å²) in [7, 11) is 3.32. The minimum atomic E-state index is -0.176. The molecule has 0 aromatic rings. The van der Waals surface area contributed by atoms with E-state index >= 15 is 0 Å². The maximum absolute atomic E-state index is 10.7. The molecule has 1 N–H and O–H groups in total. The number of aliphatic hydroxyl groups excluding tert-OH is 1. The molecule has 0 spiro atoms. The summed E-state index contributed by atoms with van der Waals surface area (Å²) in [6.45, 7) is 2.89. The molecule has 0 aromatic carbocycles. The highest BCUT2D eigenvalue weighted by atomic mass is 16.5. The Balaban J connectivity index is 3.47. The average Bonchev–Trinajstić information content (AvgIpc) is 2.15. The van der Waals surface area contributed by atoms with Crippen molar-refractivity contribution in [1.82, 2.24) is 4.90 Å². The van der Waals surface area contributed by atoms with Crippen LogP contribution in [-0.2, 0) is 9.53 Å². The molecule has 0 aliphatic carbocycles. The summed E-state index contributed by atoms with van der Waals surface area (Å²) in [5.74, 6) is -0.176. The van der Waals surface area contributed by atoms with Crippen LogP contribution in [0.2, 0.25) is 0 Å². The van der Waals surface area contributed by atoms with Gasteiger partial charge in [-0.3, -0.25) is 4.79 Å². The predicted molar refractivity (Wildman–Crippen MR) is 50.4 cm³/mol. The number of nitrogens with zero attached hydrogens (tertiary/aromatic N) is 1. The number of hydrogen-bond donors (Lipinski definition) is 1. The number of likely N-dealkylation sites (N-methyl/N-ethyl adjacent to an activating group) is 1. The maximum Gasteiger partial charge on any atom is 0.305 e. The van der Waals surface area contributed by atoms with Gasteiger partial charge in [0.15, 0.2) is 0 Å². The smallest absolute Gasteiger partial charge is 0.305 e. The van der Waals surface area contributed by atoms with E-state index < -0.39 is 0 Å². The molecular weight excluding hydrogens is 170 g/mol. The van der Waals surface area contributed by atoms with Gasteiger partial charge < -0.3 is 14.7 Å². The zero-order chi connectivity index (χ0) is 10.3. The normalized spacial score (nSPS) is 13.0. The van der Waals surface area contributed by atoms with Crippen molar-refractivity contribution in [3.63, 3.8) is 0 Å². The first-order chi connectivity index (χ1) is 6.11. The van der Waals surface area contributed by atoms with Crippen molar-refractivity contribution in [2.45, 2.75) is 25.8 Å². The summed E-state index contributed by atoms with van der Waals surface area (Å²) in [4.78, 5) is 12.8. The number of aliphatic hydroxyl groups is 1. The van der Waals surface area contributed by atoms with Crippen LogP contribution in [0.15, 0.2) is 0 Å². The van der Waals surface area contributed by atoms with Gasteiger partial charge in [0.05, 0.1) is 13.7 Å². The van der Waals surface area contributed by atoms with Crippen molar-refractivity contribution in [3.05, 3.63) is 0 Å². The Hall–Kier alpha value is -0.610. The average molecular weight is 189 g/mol. The van der Waals surface area contributed by atoms with E-state index in [1.807, 2.05) is 18.9 Å². The lowest BCUT2D eigenvalue weighted by Gasteiger charge is -2.22. The Morgan fingerprint density at radius 1 is 1.62 bits per heavy atom. The molecule has 13 heavy (non-hydrogen) atoms. The Morgan fingerprint density at radius 2 is 2.23 bits per heavy atom. The SMILES string of the molecule is COC(=O)CCCN(C)C(C)CO. The van der Waals surface area contributed by atoms with Gasteiger partial charge in [0.2, 0.25) is 0 Å². The summed E-state index contributed by atoms with van der Waals surface area (Å²) in [5.41, 5.74) is 0. The largest absolute Gasteiger partial charge is 0.469 e. The minimum Gasteiger partial charge on any atom is -0.469 e. The molecule has 0 aliphatic heterocycles. The first-order valence-electron chi connectivity index (χ1n) is 4.49. The van der Waals surface area contributed by atoms with E-state index in [1.165, 1.54) is 7.11 Å². The van der Waals surface area contributed by atoms with Gasteiger partial charge in [-0.25, -0.2) is 0 Å². The van der Waals surface area contributed by atoms with Crippen LogP contribution in [0.25, 0.3) is 0 Å².